The second-order valence-corrected chi connectivity index (χ2v) is 7.44. The molecule has 1 heterocycles. The van der Waals surface area contributed by atoms with Crippen LogP contribution in [0.3, 0.4) is 0 Å². The van der Waals surface area contributed by atoms with Crippen molar-refractivity contribution in [3.05, 3.63) is 71.2 Å². The average molecular weight is 398 g/mol. The molecular weight excluding hydrogens is 386 g/mol. The summed E-state index contributed by atoms with van der Waals surface area (Å²) >= 11 is 12.7. The van der Waals surface area contributed by atoms with Gasteiger partial charge < -0.3 is 5.32 Å². The maximum atomic E-state index is 12.6. The zero-order valence-electron chi connectivity index (χ0n) is 13.3. The highest BCUT2D eigenvalue weighted by Gasteiger charge is 2.12. The maximum Gasteiger partial charge on any atom is 0.258 e. The van der Waals surface area contributed by atoms with Gasteiger partial charge in [0.1, 0.15) is 0 Å². The van der Waals surface area contributed by atoms with E-state index in [1.54, 1.807) is 12.1 Å². The van der Waals surface area contributed by atoms with Crippen LogP contribution in [0.5, 0.6) is 0 Å². The predicted octanol–water partition coefficient (Wildman–Crippen LogP) is 5.23. The molecule has 0 atom stereocenters. The molecule has 1 aromatic heterocycles. The van der Waals surface area contributed by atoms with Crippen molar-refractivity contribution in [1.82, 2.24) is 10.3 Å². The van der Waals surface area contributed by atoms with Crippen LogP contribution in [0.1, 0.15) is 10.4 Å². The minimum atomic E-state index is -0.261. The number of thiazole rings is 1. The molecule has 4 rings (SSSR count). The summed E-state index contributed by atoms with van der Waals surface area (Å²) in [7, 11) is 0. The van der Waals surface area contributed by atoms with Gasteiger partial charge in [0.2, 0.25) is 0 Å². The van der Waals surface area contributed by atoms with Crippen molar-refractivity contribution in [1.29, 1.82) is 0 Å². The lowest BCUT2D eigenvalue weighted by Gasteiger charge is -2.09. The van der Waals surface area contributed by atoms with Crippen molar-refractivity contribution < 1.29 is 4.79 Å². The monoisotopic (exact) mass is 397 g/mol. The van der Waals surface area contributed by atoms with Crippen LogP contribution in [0, 0.1) is 0 Å². The van der Waals surface area contributed by atoms with Gasteiger partial charge in [0.15, 0.2) is 10.2 Å². The number of thiocarbonyl (C=S) groups is 1. The Kier molecular flexibility index (Phi) is 4.55. The number of carbonyl (C=O) groups excluding carboxylic acids is 1. The van der Waals surface area contributed by atoms with E-state index in [1.165, 1.54) is 11.3 Å². The van der Waals surface area contributed by atoms with Gasteiger partial charge in [0, 0.05) is 10.6 Å². The van der Waals surface area contributed by atoms with Crippen LogP contribution in [0.2, 0.25) is 5.02 Å². The Morgan fingerprint density at radius 3 is 2.77 bits per heavy atom. The van der Waals surface area contributed by atoms with Gasteiger partial charge >= 0.3 is 0 Å². The lowest BCUT2D eigenvalue weighted by Crippen LogP contribution is -2.34. The van der Waals surface area contributed by atoms with Crippen molar-refractivity contribution in [2.24, 2.45) is 0 Å². The number of amides is 1. The molecule has 2 N–H and O–H groups in total. The standard InChI is InChI=1S/C19H12ClN3OS2/c20-12-8-9-15-16(10-12)26-19(21-15)23-18(25)22-17(24)14-7-3-5-11-4-1-2-6-13(11)14/h1-10H,(H2,21,22,23,24,25). The van der Waals surface area contributed by atoms with E-state index in [9.17, 15) is 4.79 Å². The summed E-state index contributed by atoms with van der Waals surface area (Å²) in [6.45, 7) is 0. The molecule has 0 unspecified atom stereocenters. The first-order valence-corrected chi connectivity index (χ1v) is 9.36. The molecule has 0 radical (unpaired) electrons. The van der Waals surface area contributed by atoms with Crippen LogP contribution in [-0.4, -0.2) is 16.0 Å². The van der Waals surface area contributed by atoms with Gasteiger partial charge in [-0.05, 0) is 47.3 Å². The van der Waals surface area contributed by atoms with Crippen LogP contribution >= 0.6 is 35.2 Å². The van der Waals surface area contributed by atoms with Gasteiger partial charge in [-0.15, -0.1) is 0 Å². The second-order valence-electron chi connectivity index (χ2n) is 5.57. The predicted molar refractivity (Wildman–Crippen MR) is 112 cm³/mol. The fourth-order valence-electron chi connectivity index (χ4n) is 2.67. The summed E-state index contributed by atoms with van der Waals surface area (Å²) in [5, 5.41) is 9.02. The third kappa shape index (κ3) is 3.39. The fraction of sp³-hybridized carbons (Fsp3) is 0. The molecule has 0 saturated heterocycles. The molecule has 1 amide bonds. The highest BCUT2D eigenvalue weighted by atomic mass is 35.5. The Labute approximate surface area is 163 Å². The van der Waals surface area contributed by atoms with Gasteiger partial charge in [0.05, 0.1) is 10.2 Å². The Bertz CT molecular complexity index is 1150. The van der Waals surface area contributed by atoms with Gasteiger partial charge in [0.25, 0.3) is 5.91 Å². The molecule has 0 saturated carbocycles. The molecule has 3 aromatic carbocycles. The van der Waals surface area contributed by atoms with Crippen molar-refractivity contribution in [2.75, 3.05) is 5.32 Å². The Morgan fingerprint density at radius 2 is 1.88 bits per heavy atom. The molecule has 7 heteroatoms. The molecule has 0 spiro atoms. The van der Waals surface area contributed by atoms with Crippen LogP contribution in [0.15, 0.2) is 60.7 Å². The molecule has 4 nitrogen and oxygen atoms in total. The van der Waals surface area contributed by atoms with Gasteiger partial charge in [-0.3, -0.25) is 10.1 Å². The number of aromatic nitrogens is 1. The molecular formula is C19H12ClN3OS2. The molecule has 26 heavy (non-hydrogen) atoms. The third-order valence-electron chi connectivity index (χ3n) is 3.83. The van der Waals surface area contributed by atoms with E-state index in [1.807, 2.05) is 48.5 Å². The average Bonchev–Trinajstić information content (AvgIpc) is 3.02. The van der Waals surface area contributed by atoms with Crippen molar-refractivity contribution in [3.63, 3.8) is 0 Å². The van der Waals surface area contributed by atoms with Crippen molar-refractivity contribution in [3.8, 4) is 0 Å². The molecule has 0 aliphatic rings. The fourth-order valence-corrected chi connectivity index (χ4v) is 4.07. The minimum absolute atomic E-state index is 0.202. The Hall–Kier alpha value is -2.54. The minimum Gasteiger partial charge on any atom is -0.308 e. The first-order chi connectivity index (χ1) is 12.6. The number of nitrogens with zero attached hydrogens (tertiary/aromatic N) is 1. The van der Waals surface area contributed by atoms with Gasteiger partial charge in [-0.1, -0.05) is 59.3 Å². The topological polar surface area (TPSA) is 54.0 Å². The first-order valence-electron chi connectivity index (χ1n) is 7.76. The Morgan fingerprint density at radius 1 is 1.08 bits per heavy atom. The second kappa shape index (κ2) is 6.99. The lowest BCUT2D eigenvalue weighted by atomic mass is 10.0. The number of fused-ring (bicyclic) bond motifs is 2. The zero-order valence-corrected chi connectivity index (χ0v) is 15.7. The van der Waals surface area contributed by atoms with Crippen LogP contribution in [-0.2, 0) is 0 Å². The van der Waals surface area contributed by atoms with Crippen LogP contribution in [0.4, 0.5) is 5.13 Å². The highest BCUT2D eigenvalue weighted by Crippen LogP contribution is 2.28. The number of hydrogen-bond acceptors (Lipinski definition) is 4. The SMILES string of the molecule is O=C(NC(=S)Nc1nc2ccc(Cl)cc2s1)c1cccc2ccccc12. The van der Waals surface area contributed by atoms with E-state index in [0.717, 1.165) is 21.0 Å². The van der Waals surface area contributed by atoms with Crippen LogP contribution in [0.25, 0.3) is 21.0 Å². The summed E-state index contributed by atoms with van der Waals surface area (Å²) < 4.78 is 0.947. The van der Waals surface area contributed by atoms with E-state index in [4.69, 9.17) is 23.8 Å². The molecule has 128 valence electrons. The van der Waals surface area contributed by atoms with Gasteiger partial charge in [-0.2, -0.15) is 0 Å². The van der Waals surface area contributed by atoms with Crippen molar-refractivity contribution in [2.45, 2.75) is 0 Å². The maximum absolute atomic E-state index is 12.6. The highest BCUT2D eigenvalue weighted by molar-refractivity contribution is 7.80. The van der Waals surface area contributed by atoms with E-state index in [-0.39, 0.29) is 11.0 Å². The number of anilines is 1. The Balaban J connectivity index is 1.52. The summed E-state index contributed by atoms with van der Waals surface area (Å²) in [5.74, 6) is -0.261. The van der Waals surface area contributed by atoms with Crippen LogP contribution < -0.4 is 10.6 Å². The van der Waals surface area contributed by atoms with Gasteiger partial charge in [-0.25, -0.2) is 4.98 Å². The number of carbonyl (C=O) groups is 1. The van der Waals surface area contributed by atoms with E-state index in [0.29, 0.717) is 15.7 Å². The molecule has 0 aliphatic carbocycles. The number of benzene rings is 3. The summed E-state index contributed by atoms with van der Waals surface area (Å²) in [4.78, 5) is 17.0. The lowest BCUT2D eigenvalue weighted by molar-refractivity contribution is 0.0979. The van der Waals surface area contributed by atoms with Crippen molar-refractivity contribution >= 4 is 72.3 Å². The number of halogens is 1. The summed E-state index contributed by atoms with van der Waals surface area (Å²) in [5.41, 5.74) is 1.40. The number of nitrogens with one attached hydrogen (secondary N) is 2. The molecule has 0 aliphatic heterocycles. The zero-order chi connectivity index (χ0) is 18.1. The molecule has 4 aromatic rings. The van der Waals surface area contributed by atoms with E-state index >= 15 is 0 Å². The largest absolute Gasteiger partial charge is 0.308 e. The smallest absolute Gasteiger partial charge is 0.258 e. The molecule has 0 bridgehead atoms. The summed E-state index contributed by atoms with van der Waals surface area (Å²) in [6, 6.07) is 18.8. The molecule has 0 fully saturated rings. The van der Waals surface area contributed by atoms with E-state index < -0.39 is 0 Å². The first kappa shape index (κ1) is 16.9. The number of rotatable bonds is 2. The third-order valence-corrected chi connectivity index (χ3v) is 5.21. The number of hydrogen-bond donors (Lipinski definition) is 2. The normalized spacial score (nSPS) is 10.8. The summed E-state index contributed by atoms with van der Waals surface area (Å²) in [6.07, 6.45) is 0. The van der Waals surface area contributed by atoms with E-state index in [2.05, 4.69) is 15.6 Å². The quantitative estimate of drug-likeness (QED) is 0.455.